The molecule has 0 bridgehead atoms. The van der Waals surface area contributed by atoms with E-state index in [1.54, 1.807) is 13.4 Å². The van der Waals surface area contributed by atoms with Gasteiger partial charge in [-0.3, -0.25) is 9.69 Å². The molecule has 1 N–H and O–H groups in total. The van der Waals surface area contributed by atoms with Gasteiger partial charge in [0.15, 0.2) is 0 Å². The van der Waals surface area contributed by atoms with Crippen LogP contribution >= 0.6 is 11.3 Å². The van der Waals surface area contributed by atoms with E-state index in [0.29, 0.717) is 28.3 Å². The van der Waals surface area contributed by atoms with Crippen molar-refractivity contribution < 1.29 is 9.15 Å². The number of H-pyrrole nitrogens is 1. The highest BCUT2D eigenvalue weighted by atomic mass is 32.1. The average Bonchev–Trinajstić information content (AvgIpc) is 3.37. The van der Waals surface area contributed by atoms with Gasteiger partial charge in [0.05, 0.1) is 24.8 Å². The quantitative estimate of drug-likeness (QED) is 0.497. The highest BCUT2D eigenvalue weighted by molar-refractivity contribution is 7.17. The van der Waals surface area contributed by atoms with Crippen LogP contribution in [-0.4, -0.2) is 29.0 Å². The van der Waals surface area contributed by atoms with E-state index in [9.17, 15) is 4.79 Å². The Hall–Kier alpha value is -2.90. The maximum atomic E-state index is 12.8. The number of furan rings is 1. The van der Waals surface area contributed by atoms with Gasteiger partial charge >= 0.3 is 0 Å². The van der Waals surface area contributed by atoms with Crippen molar-refractivity contribution in [3.05, 3.63) is 69.3 Å². The molecule has 150 valence electrons. The third kappa shape index (κ3) is 3.71. The number of aromatic nitrogens is 2. The Morgan fingerprint density at radius 2 is 2.17 bits per heavy atom. The standard InChI is InChI=1S/C22H23N3O3S/c1-13-7-8-17(27-4)15(10-13)11-25(3)14(2)20-23-21(26)19-16(12-29-22(19)24-20)18-6-5-9-28-18/h5-10,12,14H,11H2,1-4H3,(H,23,24,26)/t14-/m0/s1. The number of thiophene rings is 1. The second-order valence-electron chi connectivity index (χ2n) is 7.16. The van der Waals surface area contributed by atoms with E-state index in [4.69, 9.17) is 14.1 Å². The molecule has 0 radical (unpaired) electrons. The Balaban J connectivity index is 1.64. The molecule has 6 nitrogen and oxygen atoms in total. The van der Waals surface area contributed by atoms with Gasteiger partial charge in [-0.15, -0.1) is 11.3 Å². The Labute approximate surface area is 172 Å². The number of hydrogen-bond acceptors (Lipinski definition) is 6. The first-order valence-corrected chi connectivity index (χ1v) is 10.2. The first-order chi connectivity index (χ1) is 14.0. The lowest BCUT2D eigenvalue weighted by Gasteiger charge is -2.25. The minimum atomic E-state index is -0.147. The van der Waals surface area contributed by atoms with Crippen LogP contribution in [0.4, 0.5) is 0 Å². The minimum Gasteiger partial charge on any atom is -0.496 e. The van der Waals surface area contributed by atoms with Gasteiger partial charge in [0, 0.05) is 23.1 Å². The number of ether oxygens (including phenoxy) is 1. The van der Waals surface area contributed by atoms with Gasteiger partial charge in [0.1, 0.15) is 22.2 Å². The summed E-state index contributed by atoms with van der Waals surface area (Å²) in [6.07, 6.45) is 1.60. The van der Waals surface area contributed by atoms with Crippen molar-refractivity contribution in [3.63, 3.8) is 0 Å². The zero-order valence-electron chi connectivity index (χ0n) is 16.9. The third-order valence-electron chi connectivity index (χ3n) is 5.16. The Morgan fingerprint density at radius 3 is 2.90 bits per heavy atom. The summed E-state index contributed by atoms with van der Waals surface area (Å²) in [5, 5.41) is 2.49. The molecule has 1 atom stereocenters. The number of hydrogen-bond donors (Lipinski definition) is 1. The molecule has 0 aliphatic rings. The predicted octanol–water partition coefficient (Wildman–Crippen LogP) is 4.75. The summed E-state index contributed by atoms with van der Waals surface area (Å²) in [5.41, 5.74) is 2.91. The molecule has 0 unspecified atom stereocenters. The van der Waals surface area contributed by atoms with Crippen molar-refractivity contribution in [2.75, 3.05) is 14.2 Å². The van der Waals surface area contributed by atoms with E-state index in [2.05, 4.69) is 22.9 Å². The molecule has 0 aliphatic carbocycles. The van der Waals surface area contributed by atoms with Crippen LogP contribution in [-0.2, 0) is 6.54 Å². The number of aromatic amines is 1. The molecule has 3 heterocycles. The third-order valence-corrected chi connectivity index (χ3v) is 6.03. The summed E-state index contributed by atoms with van der Waals surface area (Å²) < 4.78 is 11.0. The summed E-state index contributed by atoms with van der Waals surface area (Å²) in [7, 11) is 3.69. The summed E-state index contributed by atoms with van der Waals surface area (Å²) in [4.78, 5) is 23.4. The fourth-order valence-corrected chi connectivity index (χ4v) is 4.36. The Kier molecular flexibility index (Phi) is 5.25. The lowest BCUT2D eigenvalue weighted by atomic mass is 10.1. The first-order valence-electron chi connectivity index (χ1n) is 9.37. The molecule has 0 amide bonds. The molecule has 0 fully saturated rings. The van der Waals surface area contributed by atoms with E-state index in [1.165, 1.54) is 16.9 Å². The monoisotopic (exact) mass is 409 g/mol. The molecule has 1 aromatic carbocycles. The van der Waals surface area contributed by atoms with Crippen molar-refractivity contribution >= 4 is 21.6 Å². The highest BCUT2D eigenvalue weighted by Gasteiger charge is 2.20. The summed E-state index contributed by atoms with van der Waals surface area (Å²) in [6, 6.07) is 9.72. The Morgan fingerprint density at radius 1 is 1.34 bits per heavy atom. The zero-order chi connectivity index (χ0) is 20.5. The molecule has 0 aliphatic heterocycles. The molecule has 7 heteroatoms. The van der Waals surface area contributed by atoms with E-state index >= 15 is 0 Å². The van der Waals surface area contributed by atoms with Gasteiger partial charge in [0.25, 0.3) is 5.56 Å². The number of nitrogens with zero attached hydrogens (tertiary/aromatic N) is 2. The van der Waals surface area contributed by atoms with E-state index in [0.717, 1.165) is 16.9 Å². The van der Waals surface area contributed by atoms with Crippen LogP contribution in [0, 0.1) is 6.92 Å². The predicted molar refractivity (Wildman–Crippen MR) is 116 cm³/mol. The molecule has 0 saturated heterocycles. The van der Waals surface area contributed by atoms with Gasteiger partial charge < -0.3 is 14.1 Å². The molecule has 4 rings (SSSR count). The normalized spacial score (nSPS) is 12.6. The molecule has 29 heavy (non-hydrogen) atoms. The van der Waals surface area contributed by atoms with Gasteiger partial charge in [0.2, 0.25) is 0 Å². The van der Waals surface area contributed by atoms with Crippen LogP contribution < -0.4 is 10.3 Å². The van der Waals surface area contributed by atoms with Crippen molar-refractivity contribution in [3.8, 4) is 17.1 Å². The Bertz CT molecular complexity index is 1190. The van der Waals surface area contributed by atoms with Gasteiger partial charge in [-0.05, 0) is 39.1 Å². The number of benzene rings is 1. The van der Waals surface area contributed by atoms with Crippen LogP contribution in [0.5, 0.6) is 5.75 Å². The maximum Gasteiger partial charge on any atom is 0.260 e. The SMILES string of the molecule is COc1ccc(C)cc1CN(C)[C@@H](C)c1nc2scc(-c3ccco3)c2c(=O)[nH]1. The number of aryl methyl sites for hydroxylation is 1. The lowest BCUT2D eigenvalue weighted by Crippen LogP contribution is -2.26. The number of methoxy groups -OCH3 is 1. The van der Waals surface area contributed by atoms with Crippen LogP contribution in [0.25, 0.3) is 21.5 Å². The van der Waals surface area contributed by atoms with Crippen molar-refractivity contribution in [2.24, 2.45) is 0 Å². The summed E-state index contributed by atoms with van der Waals surface area (Å²) in [6.45, 7) is 4.77. The van der Waals surface area contributed by atoms with Crippen molar-refractivity contribution in [1.82, 2.24) is 14.9 Å². The smallest absolute Gasteiger partial charge is 0.260 e. The van der Waals surface area contributed by atoms with E-state index < -0.39 is 0 Å². The van der Waals surface area contributed by atoms with Crippen LogP contribution in [0.1, 0.15) is 29.9 Å². The summed E-state index contributed by atoms with van der Waals surface area (Å²) >= 11 is 1.45. The summed E-state index contributed by atoms with van der Waals surface area (Å²) in [5.74, 6) is 2.17. The lowest BCUT2D eigenvalue weighted by molar-refractivity contribution is 0.240. The van der Waals surface area contributed by atoms with Gasteiger partial charge in [-0.25, -0.2) is 4.98 Å². The van der Waals surface area contributed by atoms with Crippen LogP contribution in [0.3, 0.4) is 0 Å². The van der Waals surface area contributed by atoms with Crippen molar-refractivity contribution in [2.45, 2.75) is 26.4 Å². The maximum absolute atomic E-state index is 12.8. The molecular weight excluding hydrogens is 386 g/mol. The van der Waals surface area contributed by atoms with Gasteiger partial charge in [-0.2, -0.15) is 0 Å². The fraction of sp³-hybridized carbons (Fsp3) is 0.273. The fourth-order valence-electron chi connectivity index (χ4n) is 3.42. The molecular formula is C22H23N3O3S. The molecule has 0 saturated carbocycles. The number of fused-ring (bicyclic) bond motifs is 1. The van der Waals surface area contributed by atoms with E-state index in [-0.39, 0.29) is 11.6 Å². The number of nitrogens with one attached hydrogen (secondary N) is 1. The second-order valence-corrected chi connectivity index (χ2v) is 8.02. The molecule has 4 aromatic rings. The van der Waals surface area contributed by atoms with Crippen LogP contribution in [0.2, 0.25) is 0 Å². The van der Waals surface area contributed by atoms with Crippen LogP contribution in [0.15, 0.2) is 51.2 Å². The number of rotatable bonds is 6. The second kappa shape index (κ2) is 7.85. The first kappa shape index (κ1) is 19.4. The van der Waals surface area contributed by atoms with Gasteiger partial charge in [-0.1, -0.05) is 17.7 Å². The molecule has 3 aromatic heterocycles. The molecule has 0 spiro atoms. The topological polar surface area (TPSA) is 71.4 Å². The zero-order valence-corrected chi connectivity index (χ0v) is 17.7. The largest absolute Gasteiger partial charge is 0.496 e. The van der Waals surface area contributed by atoms with E-state index in [1.807, 2.05) is 43.6 Å². The minimum absolute atomic E-state index is 0.0773. The highest BCUT2D eigenvalue weighted by Crippen LogP contribution is 2.32. The van der Waals surface area contributed by atoms with Crippen molar-refractivity contribution in [1.29, 1.82) is 0 Å². The average molecular weight is 410 g/mol.